The van der Waals surface area contributed by atoms with Crippen molar-refractivity contribution >= 4 is 11.4 Å². The number of aromatic hydroxyl groups is 1. The first-order valence-corrected chi connectivity index (χ1v) is 12.3. The summed E-state index contributed by atoms with van der Waals surface area (Å²) >= 11 is 0. The van der Waals surface area contributed by atoms with Crippen molar-refractivity contribution in [3.8, 4) is 39.1 Å². The molecule has 0 saturated carbocycles. The molecule has 0 unspecified atom stereocenters. The fourth-order valence-electron chi connectivity index (χ4n) is 4.53. The van der Waals surface area contributed by atoms with Crippen LogP contribution in [0.1, 0.15) is 26.3 Å². The molecule has 0 atom stereocenters. The van der Waals surface area contributed by atoms with Gasteiger partial charge in [0.1, 0.15) is 5.75 Å². The highest BCUT2D eigenvalue weighted by Crippen LogP contribution is 2.43. The lowest BCUT2D eigenvalue weighted by Gasteiger charge is -2.25. The van der Waals surface area contributed by atoms with Crippen LogP contribution in [0, 0.1) is 0 Å². The molecule has 2 heteroatoms. The van der Waals surface area contributed by atoms with Gasteiger partial charge >= 0.3 is 0 Å². The summed E-state index contributed by atoms with van der Waals surface area (Å²) < 4.78 is 0. The van der Waals surface area contributed by atoms with E-state index in [9.17, 15) is 5.11 Å². The predicted molar refractivity (Wildman–Crippen MR) is 153 cm³/mol. The molecule has 0 aliphatic heterocycles. The Morgan fingerprint density at radius 2 is 1.00 bits per heavy atom. The summed E-state index contributed by atoms with van der Waals surface area (Å²) in [6.45, 7) is 6.75. The van der Waals surface area contributed by atoms with E-state index in [0.29, 0.717) is 0 Å². The van der Waals surface area contributed by atoms with Gasteiger partial charge < -0.3 is 10.4 Å². The van der Waals surface area contributed by atoms with Crippen LogP contribution < -0.4 is 5.32 Å². The Bertz CT molecular complexity index is 1410. The van der Waals surface area contributed by atoms with Crippen molar-refractivity contribution in [1.82, 2.24) is 0 Å². The molecule has 0 bridgehead atoms. The minimum Gasteiger partial charge on any atom is -0.508 e. The topological polar surface area (TPSA) is 32.3 Å². The molecule has 2 N–H and O–H groups in total. The first kappa shape index (κ1) is 23.4. The molecule has 0 radical (unpaired) electrons. The quantitative estimate of drug-likeness (QED) is 0.269. The summed E-state index contributed by atoms with van der Waals surface area (Å²) in [5.74, 6) is 0.229. The van der Waals surface area contributed by atoms with Crippen molar-refractivity contribution in [1.29, 1.82) is 0 Å². The minimum absolute atomic E-state index is 0.0168. The van der Waals surface area contributed by atoms with Gasteiger partial charge in [-0.05, 0) is 57.5 Å². The Morgan fingerprint density at radius 1 is 0.528 bits per heavy atom. The van der Waals surface area contributed by atoms with Crippen molar-refractivity contribution in [2.75, 3.05) is 5.32 Å². The standard InChI is InChI=1S/C34H31NO/c1-34(2,3)28-21-31(25-15-9-5-10-16-25)33(32(22-28)26-17-11-6-12-18-26)35-29-19-27(20-30(36)23-29)24-13-7-4-8-14-24/h4-23,35-36H,1-3H3. The first-order valence-electron chi connectivity index (χ1n) is 12.3. The highest BCUT2D eigenvalue weighted by Gasteiger charge is 2.21. The Kier molecular flexibility index (Phi) is 6.35. The van der Waals surface area contributed by atoms with E-state index in [-0.39, 0.29) is 11.2 Å². The molecule has 2 nitrogen and oxygen atoms in total. The summed E-state index contributed by atoms with van der Waals surface area (Å²) in [6, 6.07) is 41.4. The third-order valence-electron chi connectivity index (χ3n) is 6.47. The molecule has 5 aromatic carbocycles. The van der Waals surface area contributed by atoms with Crippen molar-refractivity contribution in [2.45, 2.75) is 26.2 Å². The molecule has 0 aliphatic rings. The van der Waals surface area contributed by atoms with Crippen LogP contribution in [0.5, 0.6) is 5.75 Å². The van der Waals surface area contributed by atoms with Gasteiger partial charge in [-0.15, -0.1) is 0 Å². The number of phenolic OH excluding ortho intramolecular Hbond substituents is 1. The summed E-state index contributed by atoms with van der Waals surface area (Å²) in [5.41, 5.74) is 9.69. The van der Waals surface area contributed by atoms with Crippen LogP contribution in [0.4, 0.5) is 11.4 Å². The van der Waals surface area contributed by atoms with Gasteiger partial charge in [0.25, 0.3) is 0 Å². The molecule has 0 aliphatic carbocycles. The molecule has 0 heterocycles. The largest absolute Gasteiger partial charge is 0.508 e. The van der Waals surface area contributed by atoms with Crippen LogP contribution in [0.2, 0.25) is 0 Å². The summed E-state index contributed by atoms with van der Waals surface area (Å²) in [4.78, 5) is 0. The highest BCUT2D eigenvalue weighted by atomic mass is 16.3. The zero-order chi connectivity index (χ0) is 25.1. The molecule has 0 saturated heterocycles. The minimum atomic E-state index is -0.0168. The molecule has 0 amide bonds. The molecule has 5 rings (SSSR count). The number of anilines is 2. The maximum Gasteiger partial charge on any atom is 0.118 e. The van der Waals surface area contributed by atoms with Crippen LogP contribution >= 0.6 is 0 Å². The molecular weight excluding hydrogens is 438 g/mol. The molecular formula is C34H31NO. The predicted octanol–water partition coefficient (Wildman–Crippen LogP) is 9.43. The third-order valence-corrected chi connectivity index (χ3v) is 6.47. The zero-order valence-corrected chi connectivity index (χ0v) is 21.0. The van der Waals surface area contributed by atoms with Crippen molar-refractivity contribution in [2.24, 2.45) is 0 Å². The second-order valence-electron chi connectivity index (χ2n) is 10.2. The molecule has 0 fully saturated rings. The van der Waals surface area contributed by atoms with E-state index in [0.717, 1.165) is 44.8 Å². The van der Waals surface area contributed by atoms with Gasteiger partial charge in [0, 0.05) is 22.9 Å². The lowest BCUT2D eigenvalue weighted by atomic mass is 9.82. The van der Waals surface area contributed by atoms with Gasteiger partial charge in [-0.2, -0.15) is 0 Å². The number of phenols is 1. The normalized spacial score (nSPS) is 11.3. The van der Waals surface area contributed by atoms with E-state index in [1.807, 2.05) is 30.3 Å². The maximum absolute atomic E-state index is 10.6. The van der Waals surface area contributed by atoms with Crippen LogP contribution in [0.3, 0.4) is 0 Å². The summed E-state index contributed by atoms with van der Waals surface area (Å²) in [7, 11) is 0. The fourth-order valence-corrected chi connectivity index (χ4v) is 4.53. The van der Waals surface area contributed by atoms with Crippen LogP contribution in [-0.2, 0) is 5.41 Å². The van der Waals surface area contributed by atoms with Crippen molar-refractivity contribution in [3.05, 3.63) is 127 Å². The molecule has 36 heavy (non-hydrogen) atoms. The average molecular weight is 470 g/mol. The van der Waals surface area contributed by atoms with E-state index in [1.165, 1.54) is 5.56 Å². The Morgan fingerprint density at radius 3 is 1.47 bits per heavy atom. The Balaban J connectivity index is 1.74. The highest BCUT2D eigenvalue weighted by molar-refractivity contribution is 5.94. The van der Waals surface area contributed by atoms with Gasteiger partial charge in [0.15, 0.2) is 0 Å². The number of nitrogens with one attached hydrogen (secondary N) is 1. The number of benzene rings is 5. The number of rotatable bonds is 5. The van der Waals surface area contributed by atoms with E-state index in [2.05, 4.69) is 105 Å². The van der Waals surface area contributed by atoms with E-state index >= 15 is 0 Å². The van der Waals surface area contributed by atoms with Crippen LogP contribution in [-0.4, -0.2) is 5.11 Å². The molecule has 178 valence electrons. The second-order valence-corrected chi connectivity index (χ2v) is 10.2. The number of hydrogen-bond donors (Lipinski definition) is 2. The van der Waals surface area contributed by atoms with Gasteiger partial charge in [0.05, 0.1) is 5.69 Å². The van der Waals surface area contributed by atoms with E-state index < -0.39 is 0 Å². The average Bonchev–Trinajstić information content (AvgIpc) is 2.89. The Hall–Kier alpha value is -4.30. The van der Waals surface area contributed by atoms with Crippen molar-refractivity contribution < 1.29 is 5.11 Å². The first-order chi connectivity index (χ1) is 17.4. The number of hydrogen-bond acceptors (Lipinski definition) is 2. The van der Waals surface area contributed by atoms with Gasteiger partial charge in [-0.1, -0.05) is 112 Å². The van der Waals surface area contributed by atoms with Crippen LogP contribution in [0.25, 0.3) is 33.4 Å². The maximum atomic E-state index is 10.6. The lowest BCUT2D eigenvalue weighted by molar-refractivity contribution is 0.476. The van der Waals surface area contributed by atoms with E-state index in [1.54, 1.807) is 12.1 Å². The molecule has 5 aromatic rings. The molecule has 0 spiro atoms. The zero-order valence-electron chi connectivity index (χ0n) is 21.0. The van der Waals surface area contributed by atoms with Crippen molar-refractivity contribution in [3.63, 3.8) is 0 Å². The SMILES string of the molecule is CC(C)(C)c1cc(-c2ccccc2)c(Nc2cc(O)cc(-c3ccccc3)c2)c(-c2ccccc2)c1. The third kappa shape index (κ3) is 5.04. The Labute approximate surface area is 213 Å². The second kappa shape index (κ2) is 9.75. The fraction of sp³-hybridized carbons (Fsp3) is 0.118. The van der Waals surface area contributed by atoms with Gasteiger partial charge in [-0.3, -0.25) is 0 Å². The smallest absolute Gasteiger partial charge is 0.118 e. The summed E-state index contributed by atoms with van der Waals surface area (Å²) in [6.07, 6.45) is 0. The monoisotopic (exact) mass is 469 g/mol. The summed E-state index contributed by atoms with van der Waals surface area (Å²) in [5, 5.41) is 14.3. The molecule has 0 aromatic heterocycles. The van der Waals surface area contributed by atoms with E-state index in [4.69, 9.17) is 0 Å². The van der Waals surface area contributed by atoms with Gasteiger partial charge in [0.2, 0.25) is 0 Å². The van der Waals surface area contributed by atoms with Crippen LogP contribution in [0.15, 0.2) is 121 Å². The van der Waals surface area contributed by atoms with Gasteiger partial charge in [-0.25, -0.2) is 0 Å². The lowest BCUT2D eigenvalue weighted by Crippen LogP contribution is -2.12.